The first-order valence-electron chi connectivity index (χ1n) is 9.39. The van der Waals surface area contributed by atoms with E-state index < -0.39 is 0 Å². The molecule has 1 saturated heterocycles. The van der Waals surface area contributed by atoms with Gasteiger partial charge < -0.3 is 4.74 Å². The lowest BCUT2D eigenvalue weighted by Crippen LogP contribution is -2.54. The lowest BCUT2D eigenvalue weighted by Gasteiger charge is -2.54. The van der Waals surface area contributed by atoms with E-state index in [1.807, 2.05) is 6.08 Å². The zero-order valence-corrected chi connectivity index (χ0v) is 14.2. The second-order valence-electron chi connectivity index (χ2n) is 8.63. The summed E-state index contributed by atoms with van der Waals surface area (Å²) < 4.78 is 6.93. The number of carbonyl (C=O) groups excluding carboxylic acids is 1. The van der Waals surface area contributed by atoms with E-state index in [0.717, 1.165) is 30.8 Å². The summed E-state index contributed by atoms with van der Waals surface area (Å²) in [6, 6.07) is 0. The molecule has 23 heavy (non-hydrogen) atoms. The molecular formula is C21H26O2. The Labute approximate surface area is 138 Å². The Morgan fingerprint density at radius 3 is 2.91 bits per heavy atom. The quantitative estimate of drug-likeness (QED) is 0.712. The lowest BCUT2D eigenvalue weighted by molar-refractivity contribution is -0.127. The van der Waals surface area contributed by atoms with E-state index in [9.17, 15) is 4.79 Å². The van der Waals surface area contributed by atoms with Crippen LogP contribution in [0.5, 0.6) is 0 Å². The minimum atomic E-state index is -0.306. The first kappa shape index (κ1) is 14.2. The molecule has 3 aliphatic carbocycles. The molecule has 0 radical (unpaired) electrons. The summed E-state index contributed by atoms with van der Waals surface area (Å²) in [4.78, 5) is 11.8. The number of ether oxygens (including phenoxy) is 1. The molecule has 2 bridgehead atoms. The Hall–Kier alpha value is -1.15. The Balaban J connectivity index is 1.64. The second kappa shape index (κ2) is 4.27. The van der Waals surface area contributed by atoms with Crippen molar-refractivity contribution >= 4 is 5.78 Å². The number of fused-ring (bicyclic) bond motifs is 1. The molecule has 5 aliphatic rings. The fraction of sp³-hybridized carbons (Fsp3) is 0.667. The monoisotopic (exact) mass is 310 g/mol. The predicted molar refractivity (Wildman–Crippen MR) is 89.9 cm³/mol. The molecule has 2 aliphatic heterocycles. The molecule has 3 fully saturated rings. The smallest absolute Gasteiger partial charge is 0.178 e. The van der Waals surface area contributed by atoms with E-state index >= 15 is 0 Å². The molecule has 5 atom stereocenters. The Kier molecular flexibility index (Phi) is 2.64. The molecule has 0 N–H and O–H groups in total. The van der Waals surface area contributed by atoms with Gasteiger partial charge in [-0.25, -0.2) is 0 Å². The summed E-state index contributed by atoms with van der Waals surface area (Å²) >= 11 is 0. The fourth-order valence-electron chi connectivity index (χ4n) is 6.74. The van der Waals surface area contributed by atoms with Gasteiger partial charge in [-0.05, 0) is 85.2 Å². The molecule has 2 heterocycles. The number of hydrogen-bond donors (Lipinski definition) is 0. The average Bonchev–Trinajstić information content (AvgIpc) is 3.04. The van der Waals surface area contributed by atoms with Crippen LogP contribution in [0.4, 0.5) is 0 Å². The number of ketones is 1. The number of hydrogen-bond acceptors (Lipinski definition) is 2. The Morgan fingerprint density at radius 2 is 2.09 bits per heavy atom. The molecule has 5 unspecified atom stereocenters. The van der Waals surface area contributed by atoms with Crippen LogP contribution in [0.15, 0.2) is 35.5 Å². The first-order chi connectivity index (χ1) is 11.0. The first-order valence-corrected chi connectivity index (χ1v) is 9.39. The van der Waals surface area contributed by atoms with E-state index in [0.29, 0.717) is 11.3 Å². The van der Waals surface area contributed by atoms with Gasteiger partial charge in [-0.1, -0.05) is 26.3 Å². The van der Waals surface area contributed by atoms with E-state index in [4.69, 9.17) is 4.74 Å². The summed E-state index contributed by atoms with van der Waals surface area (Å²) in [5.74, 6) is 1.62. The maximum Gasteiger partial charge on any atom is 0.178 e. The molecule has 2 heteroatoms. The van der Waals surface area contributed by atoms with E-state index in [2.05, 4.69) is 19.9 Å². The molecule has 122 valence electrons. The second-order valence-corrected chi connectivity index (χ2v) is 8.63. The van der Waals surface area contributed by atoms with Gasteiger partial charge in [0.2, 0.25) is 0 Å². The molecule has 0 aromatic rings. The maximum atomic E-state index is 11.8. The highest BCUT2D eigenvalue weighted by atomic mass is 16.5. The third kappa shape index (κ3) is 1.56. The Bertz CT molecular complexity index is 684. The van der Waals surface area contributed by atoms with Crippen molar-refractivity contribution in [2.75, 3.05) is 0 Å². The normalized spacial score (nSPS) is 50.1. The minimum absolute atomic E-state index is 0.0427. The third-order valence-corrected chi connectivity index (χ3v) is 7.93. The number of allylic oxidation sites excluding steroid dienone is 2. The van der Waals surface area contributed by atoms with Gasteiger partial charge in [-0.15, -0.1) is 0 Å². The fourth-order valence-corrected chi connectivity index (χ4v) is 6.74. The Morgan fingerprint density at radius 1 is 1.22 bits per heavy atom. The van der Waals surface area contributed by atoms with Crippen molar-refractivity contribution in [3.8, 4) is 0 Å². The van der Waals surface area contributed by atoms with Gasteiger partial charge in [0.15, 0.2) is 5.78 Å². The highest BCUT2D eigenvalue weighted by Crippen LogP contribution is 2.68. The van der Waals surface area contributed by atoms with Crippen LogP contribution in [-0.2, 0) is 9.53 Å². The van der Waals surface area contributed by atoms with E-state index in [-0.39, 0.29) is 17.0 Å². The van der Waals surface area contributed by atoms with Crippen LogP contribution >= 0.6 is 0 Å². The van der Waals surface area contributed by atoms with Gasteiger partial charge >= 0.3 is 0 Å². The molecule has 5 rings (SSSR count). The van der Waals surface area contributed by atoms with Crippen molar-refractivity contribution in [3.63, 3.8) is 0 Å². The van der Waals surface area contributed by atoms with Gasteiger partial charge in [-0.3, -0.25) is 4.79 Å². The average molecular weight is 310 g/mol. The van der Waals surface area contributed by atoms with E-state index in [1.165, 1.54) is 31.3 Å². The molecule has 2 nitrogen and oxygen atoms in total. The zero-order valence-electron chi connectivity index (χ0n) is 14.2. The standard InChI is InChI=1S/C21H26O2/c1-3-14-4-5-18-19(14,2)8-6-15-12-16-13-17(22)7-9-20(16)10-11-21(15,18)23-20/h7,9,12-14,18H,3-6,8,10-11H2,1-2H3. The molecule has 0 aromatic heterocycles. The topological polar surface area (TPSA) is 26.3 Å². The van der Waals surface area contributed by atoms with Crippen LogP contribution in [0.2, 0.25) is 0 Å². The van der Waals surface area contributed by atoms with E-state index in [1.54, 1.807) is 12.2 Å². The molecule has 0 amide bonds. The van der Waals surface area contributed by atoms with Crippen molar-refractivity contribution < 1.29 is 9.53 Å². The van der Waals surface area contributed by atoms with Crippen molar-refractivity contribution in [1.29, 1.82) is 0 Å². The van der Waals surface area contributed by atoms with Crippen LogP contribution in [0.25, 0.3) is 0 Å². The summed E-state index contributed by atoms with van der Waals surface area (Å²) in [5.41, 5.74) is 2.69. The predicted octanol–water partition coefficient (Wildman–Crippen LogP) is 4.52. The van der Waals surface area contributed by atoms with Gasteiger partial charge in [0.25, 0.3) is 0 Å². The third-order valence-electron chi connectivity index (χ3n) is 7.93. The van der Waals surface area contributed by atoms with Crippen LogP contribution in [-0.4, -0.2) is 17.0 Å². The molecular weight excluding hydrogens is 284 g/mol. The van der Waals surface area contributed by atoms with Gasteiger partial charge in [0, 0.05) is 0 Å². The highest BCUT2D eigenvalue weighted by molar-refractivity contribution is 6.02. The summed E-state index contributed by atoms with van der Waals surface area (Å²) in [6.45, 7) is 4.89. The highest BCUT2D eigenvalue weighted by Gasteiger charge is 2.66. The summed E-state index contributed by atoms with van der Waals surface area (Å²) in [6.07, 6.45) is 16.5. The van der Waals surface area contributed by atoms with Crippen LogP contribution < -0.4 is 0 Å². The van der Waals surface area contributed by atoms with Gasteiger partial charge in [-0.2, -0.15) is 0 Å². The minimum Gasteiger partial charge on any atom is -0.355 e. The van der Waals surface area contributed by atoms with Crippen LogP contribution in [0, 0.1) is 17.3 Å². The number of carbonyl (C=O) groups is 1. The zero-order chi connectivity index (χ0) is 15.9. The van der Waals surface area contributed by atoms with Crippen molar-refractivity contribution in [3.05, 3.63) is 35.5 Å². The van der Waals surface area contributed by atoms with Crippen molar-refractivity contribution in [1.82, 2.24) is 0 Å². The van der Waals surface area contributed by atoms with Crippen LogP contribution in [0.1, 0.15) is 58.8 Å². The van der Waals surface area contributed by atoms with Gasteiger partial charge in [0.1, 0.15) is 5.60 Å². The van der Waals surface area contributed by atoms with Gasteiger partial charge in [0.05, 0.1) is 5.60 Å². The summed E-state index contributed by atoms with van der Waals surface area (Å²) in [7, 11) is 0. The summed E-state index contributed by atoms with van der Waals surface area (Å²) in [5, 5.41) is 0. The molecule has 2 spiro atoms. The lowest BCUT2D eigenvalue weighted by atomic mass is 9.56. The molecule has 0 aromatic carbocycles. The maximum absolute atomic E-state index is 11.8. The van der Waals surface area contributed by atoms with Crippen molar-refractivity contribution in [2.45, 2.75) is 70.0 Å². The molecule has 2 saturated carbocycles. The SMILES string of the molecule is CCC1CCC2C34CCC5(C=CC(=O)C=C5C=C3CCC12C)O4. The van der Waals surface area contributed by atoms with Crippen LogP contribution in [0.3, 0.4) is 0 Å². The number of rotatable bonds is 1. The largest absolute Gasteiger partial charge is 0.355 e. The van der Waals surface area contributed by atoms with Crippen molar-refractivity contribution in [2.24, 2.45) is 17.3 Å².